The molecular weight excluding hydrogens is 224 g/mol. The van der Waals surface area contributed by atoms with Crippen molar-refractivity contribution in [1.82, 2.24) is 14.6 Å². The summed E-state index contributed by atoms with van der Waals surface area (Å²) in [6.45, 7) is 1.98. The van der Waals surface area contributed by atoms with Gasteiger partial charge in [-0.25, -0.2) is 9.50 Å². The summed E-state index contributed by atoms with van der Waals surface area (Å²) in [6.07, 6.45) is 5.78. The number of alkyl halides is 1. The molecule has 0 unspecified atom stereocenters. The molecule has 0 spiro atoms. The molecule has 0 aromatic carbocycles. The van der Waals surface area contributed by atoms with Crippen LogP contribution in [-0.4, -0.2) is 33.1 Å². The molecule has 0 saturated carbocycles. The van der Waals surface area contributed by atoms with Crippen molar-refractivity contribution >= 4 is 23.1 Å². The van der Waals surface area contributed by atoms with Gasteiger partial charge in [0, 0.05) is 30.7 Å². The van der Waals surface area contributed by atoms with Crippen LogP contribution >= 0.6 is 11.6 Å². The van der Waals surface area contributed by atoms with Crippen molar-refractivity contribution < 1.29 is 0 Å². The van der Waals surface area contributed by atoms with Crippen molar-refractivity contribution in [2.45, 2.75) is 18.2 Å². The SMILES string of the molecule is ClC1CCN(c2ccn3nccc3n2)CC1. The molecule has 0 aliphatic carbocycles. The number of hydrogen-bond donors (Lipinski definition) is 0. The molecule has 4 nitrogen and oxygen atoms in total. The number of fused-ring (bicyclic) bond motifs is 1. The average molecular weight is 237 g/mol. The summed E-state index contributed by atoms with van der Waals surface area (Å²) in [5, 5.41) is 4.46. The number of anilines is 1. The molecule has 1 saturated heterocycles. The molecule has 2 aromatic heterocycles. The van der Waals surface area contributed by atoms with E-state index in [1.165, 1.54) is 0 Å². The van der Waals surface area contributed by atoms with Gasteiger partial charge in [-0.05, 0) is 18.9 Å². The Hall–Kier alpha value is -1.29. The zero-order valence-electron chi connectivity index (χ0n) is 8.88. The first-order valence-corrected chi connectivity index (χ1v) is 5.96. The lowest BCUT2D eigenvalue weighted by Gasteiger charge is -2.30. The van der Waals surface area contributed by atoms with Crippen molar-refractivity contribution in [2.75, 3.05) is 18.0 Å². The van der Waals surface area contributed by atoms with Crippen LogP contribution in [0.2, 0.25) is 0 Å². The summed E-state index contributed by atoms with van der Waals surface area (Å²) in [5.41, 5.74) is 0.894. The highest BCUT2D eigenvalue weighted by Gasteiger charge is 2.18. The van der Waals surface area contributed by atoms with E-state index in [2.05, 4.69) is 15.0 Å². The van der Waals surface area contributed by atoms with E-state index in [0.717, 1.165) is 37.4 Å². The molecular formula is C11H13ClN4. The predicted molar refractivity (Wildman–Crippen MR) is 64.1 cm³/mol. The van der Waals surface area contributed by atoms with Gasteiger partial charge in [0.05, 0.1) is 6.20 Å². The largest absolute Gasteiger partial charge is 0.356 e. The van der Waals surface area contributed by atoms with Gasteiger partial charge in [0.15, 0.2) is 5.65 Å². The van der Waals surface area contributed by atoms with Crippen LogP contribution in [0.5, 0.6) is 0 Å². The summed E-state index contributed by atoms with van der Waals surface area (Å²) in [4.78, 5) is 6.85. The number of rotatable bonds is 1. The fraction of sp³-hybridized carbons (Fsp3) is 0.455. The Morgan fingerprint density at radius 2 is 2.06 bits per heavy atom. The van der Waals surface area contributed by atoms with E-state index >= 15 is 0 Å². The monoisotopic (exact) mass is 236 g/mol. The van der Waals surface area contributed by atoms with Gasteiger partial charge in [0.25, 0.3) is 0 Å². The maximum atomic E-state index is 6.09. The molecule has 0 amide bonds. The highest BCUT2D eigenvalue weighted by atomic mass is 35.5. The maximum absolute atomic E-state index is 6.09. The molecule has 3 rings (SSSR count). The van der Waals surface area contributed by atoms with E-state index in [4.69, 9.17) is 11.6 Å². The van der Waals surface area contributed by atoms with E-state index in [-0.39, 0.29) is 0 Å². The fourth-order valence-corrected chi connectivity index (χ4v) is 2.25. The van der Waals surface area contributed by atoms with Crippen LogP contribution in [0.15, 0.2) is 24.5 Å². The van der Waals surface area contributed by atoms with Gasteiger partial charge in [-0.15, -0.1) is 11.6 Å². The summed E-state index contributed by atoms with van der Waals surface area (Å²) in [7, 11) is 0. The molecule has 0 atom stereocenters. The molecule has 0 radical (unpaired) electrons. The van der Waals surface area contributed by atoms with Crippen molar-refractivity contribution in [3.63, 3.8) is 0 Å². The Morgan fingerprint density at radius 3 is 2.88 bits per heavy atom. The zero-order valence-corrected chi connectivity index (χ0v) is 9.64. The van der Waals surface area contributed by atoms with Crippen molar-refractivity contribution in [1.29, 1.82) is 0 Å². The third-order valence-electron chi connectivity index (χ3n) is 2.99. The van der Waals surface area contributed by atoms with Gasteiger partial charge in [-0.2, -0.15) is 5.10 Å². The topological polar surface area (TPSA) is 33.4 Å². The first-order valence-electron chi connectivity index (χ1n) is 5.52. The molecule has 1 aliphatic heterocycles. The lowest BCUT2D eigenvalue weighted by atomic mass is 10.1. The molecule has 3 heterocycles. The number of halogens is 1. The van der Waals surface area contributed by atoms with Gasteiger partial charge in [0.2, 0.25) is 0 Å². The summed E-state index contributed by atoms with van der Waals surface area (Å²) in [6, 6.07) is 3.92. The van der Waals surface area contributed by atoms with Crippen LogP contribution < -0.4 is 4.90 Å². The van der Waals surface area contributed by atoms with Crippen LogP contribution in [0.25, 0.3) is 5.65 Å². The van der Waals surface area contributed by atoms with E-state index in [1.54, 1.807) is 10.7 Å². The molecule has 2 aromatic rings. The van der Waals surface area contributed by atoms with E-state index < -0.39 is 0 Å². The second-order valence-electron chi connectivity index (χ2n) is 4.08. The minimum atomic E-state index is 0.329. The van der Waals surface area contributed by atoms with Crippen LogP contribution in [0, 0.1) is 0 Å². The van der Waals surface area contributed by atoms with Gasteiger partial charge >= 0.3 is 0 Å². The Kier molecular flexibility index (Phi) is 2.44. The molecule has 16 heavy (non-hydrogen) atoms. The molecule has 0 bridgehead atoms. The van der Waals surface area contributed by atoms with E-state index in [0.29, 0.717) is 5.38 Å². The molecule has 1 fully saturated rings. The highest BCUT2D eigenvalue weighted by molar-refractivity contribution is 6.20. The Bertz CT molecular complexity index is 487. The smallest absolute Gasteiger partial charge is 0.157 e. The molecule has 0 N–H and O–H groups in total. The number of aromatic nitrogens is 3. The Labute approximate surface area is 98.8 Å². The quantitative estimate of drug-likeness (QED) is 0.710. The first kappa shape index (κ1) is 9.90. The standard InChI is InChI=1S/C11H13ClN4/c12-9-2-6-15(7-3-9)10-4-8-16-11(14-10)1-5-13-16/h1,4-5,8-9H,2-3,6-7H2. The molecule has 5 heteroatoms. The maximum Gasteiger partial charge on any atom is 0.157 e. The van der Waals surface area contributed by atoms with Crippen molar-refractivity contribution in [3.8, 4) is 0 Å². The van der Waals surface area contributed by atoms with Crippen LogP contribution in [0.1, 0.15) is 12.8 Å². The van der Waals surface area contributed by atoms with Gasteiger partial charge in [0.1, 0.15) is 5.82 Å². The second-order valence-corrected chi connectivity index (χ2v) is 4.70. The third kappa shape index (κ3) is 1.73. The third-order valence-corrected chi connectivity index (χ3v) is 3.43. The van der Waals surface area contributed by atoms with Crippen LogP contribution in [-0.2, 0) is 0 Å². The zero-order chi connectivity index (χ0) is 11.0. The minimum Gasteiger partial charge on any atom is -0.356 e. The van der Waals surface area contributed by atoms with Gasteiger partial charge in [-0.1, -0.05) is 0 Å². The van der Waals surface area contributed by atoms with Gasteiger partial charge < -0.3 is 4.90 Å². The average Bonchev–Trinajstić information content (AvgIpc) is 2.77. The first-order chi connectivity index (χ1) is 7.83. The summed E-state index contributed by atoms with van der Waals surface area (Å²) in [5.74, 6) is 1.02. The second kappa shape index (κ2) is 3.94. The Morgan fingerprint density at radius 1 is 1.25 bits per heavy atom. The lowest BCUT2D eigenvalue weighted by molar-refractivity contribution is 0.580. The van der Waals surface area contributed by atoms with Crippen molar-refractivity contribution in [2.24, 2.45) is 0 Å². The summed E-state index contributed by atoms with van der Waals surface area (Å²) >= 11 is 6.09. The number of piperidine rings is 1. The molecule has 84 valence electrons. The summed E-state index contributed by atoms with van der Waals surface area (Å²) < 4.78 is 1.78. The normalized spacial score (nSPS) is 18.2. The van der Waals surface area contributed by atoms with E-state index in [9.17, 15) is 0 Å². The fourth-order valence-electron chi connectivity index (χ4n) is 2.06. The van der Waals surface area contributed by atoms with Crippen LogP contribution in [0.4, 0.5) is 5.82 Å². The van der Waals surface area contributed by atoms with Crippen molar-refractivity contribution in [3.05, 3.63) is 24.5 Å². The highest BCUT2D eigenvalue weighted by Crippen LogP contribution is 2.20. The van der Waals surface area contributed by atoms with Crippen LogP contribution in [0.3, 0.4) is 0 Å². The minimum absolute atomic E-state index is 0.329. The number of nitrogens with zero attached hydrogens (tertiary/aromatic N) is 4. The predicted octanol–water partition coefficient (Wildman–Crippen LogP) is 1.94. The van der Waals surface area contributed by atoms with E-state index in [1.807, 2.05) is 18.3 Å². The lowest BCUT2D eigenvalue weighted by Crippen LogP contribution is -2.34. The van der Waals surface area contributed by atoms with Gasteiger partial charge in [-0.3, -0.25) is 0 Å². The number of hydrogen-bond acceptors (Lipinski definition) is 3. The molecule has 1 aliphatic rings. The Balaban J connectivity index is 1.87.